The molecule has 0 spiro atoms. The summed E-state index contributed by atoms with van der Waals surface area (Å²) in [5.74, 6) is 0.633. The average Bonchev–Trinajstić information content (AvgIpc) is 3.05. The van der Waals surface area contributed by atoms with Crippen LogP contribution in [0.25, 0.3) is 11.0 Å². The summed E-state index contributed by atoms with van der Waals surface area (Å²) in [6.45, 7) is 1.84. The van der Waals surface area contributed by atoms with E-state index in [1.165, 1.54) is 12.1 Å². The molecule has 7 nitrogen and oxygen atoms in total. The Morgan fingerprint density at radius 1 is 1.17 bits per heavy atom. The number of rotatable bonds is 3. The van der Waals surface area contributed by atoms with Crippen molar-refractivity contribution in [3.63, 3.8) is 0 Å². The highest BCUT2D eigenvalue weighted by Gasteiger charge is 2.22. The van der Waals surface area contributed by atoms with Crippen LogP contribution in [0.3, 0.4) is 0 Å². The number of nitrogens with one attached hydrogen (secondary N) is 3. The van der Waals surface area contributed by atoms with Gasteiger partial charge in [0.25, 0.3) is 10.0 Å². The SMILES string of the molecule is Cc1nc2ccc(NS(=O)(=O)c3ccc4c(c3)CC(=O)N4)cc2[nH]1. The Labute approximate surface area is 138 Å². The molecule has 1 aromatic heterocycles. The average molecular weight is 342 g/mol. The van der Waals surface area contributed by atoms with Gasteiger partial charge in [0.05, 0.1) is 28.0 Å². The fraction of sp³-hybridized carbons (Fsp3) is 0.125. The highest BCUT2D eigenvalue weighted by molar-refractivity contribution is 7.92. The number of H-pyrrole nitrogens is 1. The molecule has 0 atom stereocenters. The minimum absolute atomic E-state index is 0.124. The predicted molar refractivity (Wildman–Crippen MR) is 90.4 cm³/mol. The fourth-order valence-corrected chi connectivity index (χ4v) is 3.89. The summed E-state index contributed by atoms with van der Waals surface area (Å²) in [5, 5.41) is 2.68. The largest absolute Gasteiger partial charge is 0.342 e. The van der Waals surface area contributed by atoms with Gasteiger partial charge in [0.1, 0.15) is 5.82 Å². The van der Waals surface area contributed by atoms with E-state index in [9.17, 15) is 13.2 Å². The Kier molecular flexibility index (Phi) is 3.10. The Hall–Kier alpha value is -2.87. The smallest absolute Gasteiger partial charge is 0.261 e. The number of carbonyl (C=O) groups excluding carboxylic acids is 1. The standard InChI is InChI=1S/C16H14N4O3S/c1-9-17-14-4-2-11(8-15(14)18-9)20-24(22,23)12-3-5-13-10(6-12)7-16(21)19-13/h2-6,8,20H,7H2,1H3,(H,17,18)(H,19,21). The van der Waals surface area contributed by atoms with Crippen molar-refractivity contribution in [2.24, 2.45) is 0 Å². The molecule has 0 unspecified atom stereocenters. The van der Waals surface area contributed by atoms with Gasteiger partial charge in [0.2, 0.25) is 5.91 Å². The number of aromatic nitrogens is 2. The number of amides is 1. The highest BCUT2D eigenvalue weighted by Crippen LogP contribution is 2.27. The number of aryl methyl sites for hydroxylation is 1. The van der Waals surface area contributed by atoms with E-state index in [0.29, 0.717) is 16.9 Å². The molecule has 3 N–H and O–H groups in total. The van der Waals surface area contributed by atoms with Gasteiger partial charge in [-0.05, 0) is 48.9 Å². The quantitative estimate of drug-likeness (QED) is 0.678. The summed E-state index contributed by atoms with van der Waals surface area (Å²) in [7, 11) is -3.74. The van der Waals surface area contributed by atoms with Crippen molar-refractivity contribution >= 4 is 38.3 Å². The van der Waals surface area contributed by atoms with E-state index >= 15 is 0 Å². The summed E-state index contributed by atoms with van der Waals surface area (Å²) < 4.78 is 27.7. The number of anilines is 2. The number of carbonyl (C=O) groups is 1. The van der Waals surface area contributed by atoms with Crippen molar-refractivity contribution in [2.45, 2.75) is 18.2 Å². The second kappa shape index (κ2) is 5.07. The minimum Gasteiger partial charge on any atom is -0.342 e. The number of fused-ring (bicyclic) bond motifs is 2. The zero-order valence-electron chi connectivity index (χ0n) is 12.8. The summed E-state index contributed by atoms with van der Waals surface area (Å²) in [6.07, 6.45) is 0.193. The van der Waals surface area contributed by atoms with Crippen LogP contribution in [-0.2, 0) is 21.2 Å². The molecule has 1 aliphatic rings. The monoisotopic (exact) mass is 342 g/mol. The van der Waals surface area contributed by atoms with E-state index < -0.39 is 10.0 Å². The number of hydrogen-bond acceptors (Lipinski definition) is 4. The topological polar surface area (TPSA) is 104 Å². The molecular weight excluding hydrogens is 328 g/mol. The molecule has 0 saturated heterocycles. The van der Waals surface area contributed by atoms with Crippen molar-refractivity contribution in [1.82, 2.24) is 9.97 Å². The molecule has 1 amide bonds. The third-order valence-corrected chi connectivity index (χ3v) is 5.24. The molecule has 122 valence electrons. The van der Waals surface area contributed by atoms with Gasteiger partial charge in [-0.3, -0.25) is 9.52 Å². The Balaban J connectivity index is 1.67. The first-order valence-electron chi connectivity index (χ1n) is 7.33. The number of hydrogen-bond donors (Lipinski definition) is 3. The summed E-state index contributed by atoms with van der Waals surface area (Å²) in [6, 6.07) is 9.72. The van der Waals surface area contributed by atoms with E-state index in [-0.39, 0.29) is 17.2 Å². The van der Waals surface area contributed by atoms with E-state index in [2.05, 4.69) is 20.0 Å². The molecule has 24 heavy (non-hydrogen) atoms. The third kappa shape index (κ3) is 2.50. The lowest BCUT2D eigenvalue weighted by molar-refractivity contribution is -0.115. The molecule has 8 heteroatoms. The van der Waals surface area contributed by atoms with Gasteiger partial charge in [-0.25, -0.2) is 13.4 Å². The molecule has 0 saturated carbocycles. The molecule has 0 radical (unpaired) electrons. The number of benzene rings is 2. The molecular formula is C16H14N4O3S. The fourth-order valence-electron chi connectivity index (χ4n) is 2.79. The lowest BCUT2D eigenvalue weighted by Crippen LogP contribution is -2.13. The molecule has 2 heterocycles. The van der Waals surface area contributed by atoms with Crippen LogP contribution >= 0.6 is 0 Å². The molecule has 1 aliphatic heterocycles. The maximum Gasteiger partial charge on any atom is 0.261 e. The van der Waals surface area contributed by atoms with E-state index in [0.717, 1.165) is 16.9 Å². The van der Waals surface area contributed by atoms with E-state index in [1.807, 2.05) is 6.92 Å². The van der Waals surface area contributed by atoms with Gasteiger partial charge < -0.3 is 10.3 Å². The van der Waals surface area contributed by atoms with Crippen molar-refractivity contribution < 1.29 is 13.2 Å². The van der Waals surface area contributed by atoms with Gasteiger partial charge in [0.15, 0.2) is 0 Å². The molecule has 0 aliphatic carbocycles. The lowest BCUT2D eigenvalue weighted by atomic mass is 10.2. The zero-order chi connectivity index (χ0) is 16.9. The van der Waals surface area contributed by atoms with Gasteiger partial charge in [-0.1, -0.05) is 0 Å². The van der Waals surface area contributed by atoms with Crippen LogP contribution in [0.15, 0.2) is 41.3 Å². The number of nitrogens with zero attached hydrogens (tertiary/aromatic N) is 1. The Bertz CT molecular complexity index is 1090. The maximum absolute atomic E-state index is 12.6. The number of aromatic amines is 1. The lowest BCUT2D eigenvalue weighted by Gasteiger charge is -2.09. The van der Waals surface area contributed by atoms with Gasteiger partial charge in [-0.15, -0.1) is 0 Å². The highest BCUT2D eigenvalue weighted by atomic mass is 32.2. The summed E-state index contributed by atoms with van der Waals surface area (Å²) in [5.41, 5.74) is 3.32. The van der Waals surface area contributed by atoms with Crippen LogP contribution in [0.2, 0.25) is 0 Å². The summed E-state index contributed by atoms with van der Waals surface area (Å²) >= 11 is 0. The Morgan fingerprint density at radius 2 is 2.00 bits per heavy atom. The van der Waals surface area contributed by atoms with Crippen molar-refractivity contribution in [1.29, 1.82) is 0 Å². The van der Waals surface area contributed by atoms with Crippen molar-refractivity contribution in [2.75, 3.05) is 10.0 Å². The zero-order valence-corrected chi connectivity index (χ0v) is 13.6. The first kappa shape index (κ1) is 14.7. The summed E-state index contributed by atoms with van der Waals surface area (Å²) in [4.78, 5) is 18.9. The second-order valence-electron chi connectivity index (χ2n) is 5.70. The molecule has 0 fully saturated rings. The van der Waals surface area contributed by atoms with Gasteiger partial charge in [-0.2, -0.15) is 0 Å². The first-order valence-corrected chi connectivity index (χ1v) is 8.81. The second-order valence-corrected chi connectivity index (χ2v) is 7.39. The van der Waals surface area contributed by atoms with Gasteiger partial charge in [0, 0.05) is 5.69 Å². The first-order chi connectivity index (χ1) is 11.4. The maximum atomic E-state index is 12.6. The molecule has 3 aromatic rings. The van der Waals surface area contributed by atoms with Crippen molar-refractivity contribution in [3.05, 3.63) is 47.8 Å². The number of imidazole rings is 1. The van der Waals surface area contributed by atoms with Gasteiger partial charge >= 0.3 is 0 Å². The third-order valence-electron chi connectivity index (χ3n) is 3.86. The van der Waals surface area contributed by atoms with Crippen LogP contribution in [-0.4, -0.2) is 24.3 Å². The molecule has 4 rings (SSSR count). The van der Waals surface area contributed by atoms with Crippen LogP contribution in [0.4, 0.5) is 11.4 Å². The van der Waals surface area contributed by atoms with E-state index in [4.69, 9.17) is 0 Å². The predicted octanol–water partition coefficient (Wildman–Crippen LogP) is 2.17. The molecule has 2 aromatic carbocycles. The minimum atomic E-state index is -3.74. The Morgan fingerprint density at radius 3 is 2.83 bits per heavy atom. The van der Waals surface area contributed by atoms with Crippen LogP contribution in [0.5, 0.6) is 0 Å². The van der Waals surface area contributed by atoms with Crippen LogP contribution < -0.4 is 10.0 Å². The number of sulfonamides is 1. The van der Waals surface area contributed by atoms with Crippen LogP contribution in [0, 0.1) is 6.92 Å². The van der Waals surface area contributed by atoms with Crippen LogP contribution in [0.1, 0.15) is 11.4 Å². The van der Waals surface area contributed by atoms with E-state index in [1.54, 1.807) is 24.3 Å². The van der Waals surface area contributed by atoms with Crippen molar-refractivity contribution in [3.8, 4) is 0 Å². The molecule has 0 bridgehead atoms. The normalized spacial score (nSPS) is 13.8.